The Morgan fingerprint density at radius 2 is 2.00 bits per heavy atom. The van der Waals surface area contributed by atoms with Crippen LogP contribution < -0.4 is 11.3 Å². The summed E-state index contributed by atoms with van der Waals surface area (Å²) >= 11 is 0. The number of ether oxygens (including phenoxy) is 1. The summed E-state index contributed by atoms with van der Waals surface area (Å²) in [6.07, 6.45) is 1.75. The maximum atomic E-state index is 12.7. The fourth-order valence-corrected chi connectivity index (χ4v) is 1.61. The molecule has 0 saturated heterocycles. The number of nitrogens with two attached hydrogens (primary N) is 1. The molecule has 1 rings (SSSR count). The fourth-order valence-electron chi connectivity index (χ4n) is 1.61. The van der Waals surface area contributed by atoms with Crippen LogP contribution in [0.1, 0.15) is 18.9 Å². The zero-order valence-corrected chi connectivity index (χ0v) is 9.74. The van der Waals surface area contributed by atoms with E-state index in [9.17, 15) is 4.39 Å². The average molecular weight is 226 g/mol. The first-order valence-corrected chi connectivity index (χ1v) is 5.39. The second-order valence-electron chi connectivity index (χ2n) is 3.98. The third kappa shape index (κ3) is 4.26. The molecule has 2 unspecified atom stereocenters. The van der Waals surface area contributed by atoms with Gasteiger partial charge in [0.25, 0.3) is 0 Å². The van der Waals surface area contributed by atoms with Crippen molar-refractivity contribution in [3.05, 3.63) is 35.6 Å². The average Bonchev–Trinajstić information content (AvgIpc) is 2.30. The van der Waals surface area contributed by atoms with Gasteiger partial charge < -0.3 is 4.74 Å². The van der Waals surface area contributed by atoms with Gasteiger partial charge in [-0.3, -0.25) is 11.3 Å². The highest BCUT2D eigenvalue weighted by Gasteiger charge is 2.12. The van der Waals surface area contributed by atoms with Crippen molar-refractivity contribution in [2.75, 3.05) is 7.11 Å². The molecule has 90 valence electrons. The Hall–Kier alpha value is -0.970. The predicted octanol–water partition coefficient (Wildman–Crippen LogP) is 1.63. The highest BCUT2D eigenvalue weighted by atomic mass is 19.1. The minimum atomic E-state index is -0.216. The number of nitrogens with one attached hydrogen (secondary N) is 1. The van der Waals surface area contributed by atoms with Gasteiger partial charge in [-0.1, -0.05) is 12.1 Å². The molecule has 1 aromatic carbocycles. The number of rotatable bonds is 6. The first-order chi connectivity index (χ1) is 7.65. The van der Waals surface area contributed by atoms with E-state index >= 15 is 0 Å². The molecule has 0 heterocycles. The monoisotopic (exact) mass is 226 g/mol. The Labute approximate surface area is 95.8 Å². The molecule has 0 spiro atoms. The van der Waals surface area contributed by atoms with E-state index in [1.807, 2.05) is 6.92 Å². The molecule has 2 atom stereocenters. The van der Waals surface area contributed by atoms with Crippen LogP contribution in [0.25, 0.3) is 0 Å². The van der Waals surface area contributed by atoms with E-state index in [0.717, 1.165) is 18.4 Å². The van der Waals surface area contributed by atoms with Gasteiger partial charge in [0.05, 0.1) is 6.10 Å². The van der Waals surface area contributed by atoms with E-state index in [0.29, 0.717) is 0 Å². The topological polar surface area (TPSA) is 47.3 Å². The smallest absolute Gasteiger partial charge is 0.123 e. The molecule has 0 aliphatic heterocycles. The van der Waals surface area contributed by atoms with Crippen LogP contribution in [0, 0.1) is 5.82 Å². The van der Waals surface area contributed by atoms with Crippen molar-refractivity contribution in [3.8, 4) is 0 Å². The first kappa shape index (κ1) is 13.1. The van der Waals surface area contributed by atoms with Crippen molar-refractivity contribution in [2.24, 2.45) is 5.84 Å². The summed E-state index contributed by atoms with van der Waals surface area (Å²) < 4.78 is 17.9. The fraction of sp³-hybridized carbons (Fsp3) is 0.500. The summed E-state index contributed by atoms with van der Waals surface area (Å²) in [5.74, 6) is 5.26. The van der Waals surface area contributed by atoms with Crippen LogP contribution in [0.3, 0.4) is 0 Å². The third-order valence-electron chi connectivity index (χ3n) is 2.65. The van der Waals surface area contributed by atoms with E-state index in [1.54, 1.807) is 19.2 Å². The summed E-state index contributed by atoms with van der Waals surface area (Å²) in [7, 11) is 1.68. The summed E-state index contributed by atoms with van der Waals surface area (Å²) in [5.41, 5.74) is 3.82. The lowest BCUT2D eigenvalue weighted by atomic mass is 10.0. The molecular formula is C12H19FN2O. The maximum absolute atomic E-state index is 12.7. The molecule has 3 N–H and O–H groups in total. The zero-order chi connectivity index (χ0) is 12.0. The molecule has 3 nitrogen and oxygen atoms in total. The van der Waals surface area contributed by atoms with Crippen LogP contribution >= 0.6 is 0 Å². The maximum Gasteiger partial charge on any atom is 0.123 e. The van der Waals surface area contributed by atoms with Crippen molar-refractivity contribution >= 4 is 0 Å². The van der Waals surface area contributed by atoms with Gasteiger partial charge in [-0.25, -0.2) is 4.39 Å². The van der Waals surface area contributed by atoms with Crippen LogP contribution in [0.2, 0.25) is 0 Å². The van der Waals surface area contributed by atoms with Gasteiger partial charge >= 0.3 is 0 Å². The van der Waals surface area contributed by atoms with Crippen LogP contribution in [0.15, 0.2) is 24.3 Å². The van der Waals surface area contributed by atoms with E-state index in [2.05, 4.69) is 5.43 Å². The molecule has 1 aromatic rings. The second-order valence-corrected chi connectivity index (χ2v) is 3.98. The standard InChI is InChI=1S/C12H19FN2O/c1-9(16-2)7-12(15-14)8-10-3-5-11(13)6-4-10/h3-6,9,12,15H,7-8,14H2,1-2H3. The van der Waals surface area contributed by atoms with E-state index in [1.165, 1.54) is 12.1 Å². The van der Waals surface area contributed by atoms with Gasteiger partial charge in [-0.15, -0.1) is 0 Å². The Morgan fingerprint density at radius 1 is 1.38 bits per heavy atom. The minimum Gasteiger partial charge on any atom is -0.382 e. The molecule has 0 aliphatic rings. The number of methoxy groups -OCH3 is 1. The Bertz CT molecular complexity index is 302. The van der Waals surface area contributed by atoms with E-state index < -0.39 is 0 Å². The van der Waals surface area contributed by atoms with Crippen molar-refractivity contribution in [3.63, 3.8) is 0 Å². The SMILES string of the molecule is COC(C)CC(Cc1ccc(F)cc1)NN. The van der Waals surface area contributed by atoms with Gasteiger partial charge in [0.15, 0.2) is 0 Å². The zero-order valence-electron chi connectivity index (χ0n) is 9.74. The molecule has 0 fully saturated rings. The van der Waals surface area contributed by atoms with E-state index in [-0.39, 0.29) is 18.0 Å². The molecule has 16 heavy (non-hydrogen) atoms. The summed E-state index contributed by atoms with van der Waals surface area (Å²) in [5, 5.41) is 0. The molecule has 0 amide bonds. The number of halogens is 1. The highest BCUT2D eigenvalue weighted by Crippen LogP contribution is 2.09. The molecule has 0 bridgehead atoms. The highest BCUT2D eigenvalue weighted by molar-refractivity contribution is 5.17. The Balaban J connectivity index is 2.52. The quantitative estimate of drug-likeness (QED) is 0.572. The molecule has 4 heteroatoms. The van der Waals surface area contributed by atoms with Gasteiger partial charge in [0.2, 0.25) is 0 Å². The molecule has 0 saturated carbocycles. The van der Waals surface area contributed by atoms with E-state index in [4.69, 9.17) is 10.6 Å². The lowest BCUT2D eigenvalue weighted by molar-refractivity contribution is 0.100. The molecule has 0 aromatic heterocycles. The van der Waals surface area contributed by atoms with Crippen LogP contribution in [0.5, 0.6) is 0 Å². The number of hydrazine groups is 1. The number of hydrogen-bond donors (Lipinski definition) is 2. The largest absolute Gasteiger partial charge is 0.382 e. The van der Waals surface area contributed by atoms with Gasteiger partial charge in [-0.05, 0) is 37.5 Å². The number of benzene rings is 1. The van der Waals surface area contributed by atoms with Gasteiger partial charge in [0.1, 0.15) is 5.82 Å². The van der Waals surface area contributed by atoms with Crippen molar-refractivity contribution < 1.29 is 9.13 Å². The summed E-state index contributed by atoms with van der Waals surface area (Å²) in [4.78, 5) is 0. The lowest BCUT2D eigenvalue weighted by Gasteiger charge is -2.19. The Kier molecular flexibility index (Phi) is 5.38. The molecular weight excluding hydrogens is 207 g/mol. The van der Waals surface area contributed by atoms with Crippen molar-refractivity contribution in [1.29, 1.82) is 0 Å². The van der Waals surface area contributed by atoms with Crippen LogP contribution in [-0.4, -0.2) is 19.3 Å². The number of hydrogen-bond acceptors (Lipinski definition) is 3. The van der Waals surface area contributed by atoms with Crippen LogP contribution in [0.4, 0.5) is 4.39 Å². The normalized spacial score (nSPS) is 14.8. The summed E-state index contributed by atoms with van der Waals surface area (Å²) in [6, 6.07) is 6.61. The van der Waals surface area contributed by atoms with Gasteiger partial charge in [-0.2, -0.15) is 0 Å². The van der Waals surface area contributed by atoms with Crippen LogP contribution in [-0.2, 0) is 11.2 Å². The molecule has 0 aliphatic carbocycles. The summed E-state index contributed by atoms with van der Waals surface area (Å²) in [6.45, 7) is 2.00. The Morgan fingerprint density at radius 3 is 2.50 bits per heavy atom. The third-order valence-corrected chi connectivity index (χ3v) is 2.65. The van der Waals surface area contributed by atoms with Gasteiger partial charge in [0, 0.05) is 13.2 Å². The second kappa shape index (κ2) is 6.58. The minimum absolute atomic E-state index is 0.139. The van der Waals surface area contributed by atoms with Crippen molar-refractivity contribution in [2.45, 2.75) is 31.9 Å². The first-order valence-electron chi connectivity index (χ1n) is 5.39. The predicted molar refractivity (Wildman–Crippen MR) is 62.3 cm³/mol. The molecule has 0 radical (unpaired) electrons. The van der Waals surface area contributed by atoms with Crippen molar-refractivity contribution in [1.82, 2.24) is 5.43 Å². The lowest BCUT2D eigenvalue weighted by Crippen LogP contribution is -2.39.